The third-order valence-electron chi connectivity index (χ3n) is 3.58. The molecule has 1 atom stereocenters. The van der Waals surface area contributed by atoms with Gasteiger partial charge in [-0.15, -0.1) is 0 Å². The molecule has 4 nitrogen and oxygen atoms in total. The molecule has 5 heteroatoms. The quantitative estimate of drug-likeness (QED) is 0.831. The molecular formula is C15H22N4S. The highest BCUT2D eigenvalue weighted by Gasteiger charge is 2.25. The average molecular weight is 290 g/mol. The summed E-state index contributed by atoms with van der Waals surface area (Å²) in [6.45, 7) is 5.17. The SMILES string of the molecule is CCCCN(C)C(C(N)=S)c1c(C)nc2ccccn12. The molecule has 2 aromatic heterocycles. The van der Waals surface area contributed by atoms with E-state index in [-0.39, 0.29) is 6.04 Å². The predicted octanol–water partition coefficient (Wildman–Crippen LogP) is 2.70. The topological polar surface area (TPSA) is 46.6 Å². The number of nitrogens with zero attached hydrogens (tertiary/aromatic N) is 3. The number of imidazole rings is 1. The first-order valence-electron chi connectivity index (χ1n) is 6.99. The minimum atomic E-state index is -0.0750. The molecule has 0 aliphatic heterocycles. The molecular weight excluding hydrogens is 268 g/mol. The van der Waals surface area contributed by atoms with Crippen LogP contribution in [0.15, 0.2) is 24.4 Å². The number of pyridine rings is 1. The summed E-state index contributed by atoms with van der Waals surface area (Å²) in [5, 5.41) is 0. The molecule has 2 N–H and O–H groups in total. The van der Waals surface area contributed by atoms with Gasteiger partial charge in [0.05, 0.1) is 16.4 Å². The maximum Gasteiger partial charge on any atom is 0.137 e. The summed E-state index contributed by atoms with van der Waals surface area (Å²) in [6, 6.07) is 5.91. The largest absolute Gasteiger partial charge is 0.392 e. The van der Waals surface area contributed by atoms with E-state index in [2.05, 4.69) is 28.3 Å². The molecule has 1 unspecified atom stereocenters. The van der Waals surface area contributed by atoms with E-state index in [4.69, 9.17) is 18.0 Å². The van der Waals surface area contributed by atoms with Crippen molar-refractivity contribution in [2.45, 2.75) is 32.7 Å². The van der Waals surface area contributed by atoms with Crippen LogP contribution < -0.4 is 5.73 Å². The number of likely N-dealkylation sites (N-methyl/N-ethyl adjacent to an activating group) is 1. The van der Waals surface area contributed by atoms with Gasteiger partial charge in [-0.3, -0.25) is 4.90 Å². The van der Waals surface area contributed by atoms with Gasteiger partial charge in [0.1, 0.15) is 11.7 Å². The summed E-state index contributed by atoms with van der Waals surface area (Å²) < 4.78 is 2.08. The number of hydrogen-bond donors (Lipinski definition) is 1. The molecule has 0 fully saturated rings. The summed E-state index contributed by atoms with van der Waals surface area (Å²) in [4.78, 5) is 7.32. The zero-order chi connectivity index (χ0) is 14.7. The van der Waals surface area contributed by atoms with Crippen LogP contribution >= 0.6 is 12.2 Å². The number of fused-ring (bicyclic) bond motifs is 1. The van der Waals surface area contributed by atoms with Crippen LogP contribution in [0.1, 0.15) is 37.2 Å². The molecule has 2 rings (SSSR count). The molecule has 108 valence electrons. The van der Waals surface area contributed by atoms with E-state index in [1.807, 2.05) is 31.3 Å². The fourth-order valence-corrected chi connectivity index (χ4v) is 2.85. The van der Waals surface area contributed by atoms with Crippen LogP contribution in [0.4, 0.5) is 0 Å². The van der Waals surface area contributed by atoms with Crippen molar-refractivity contribution in [3.63, 3.8) is 0 Å². The molecule has 0 spiro atoms. The number of thiocarbonyl (C=S) groups is 1. The van der Waals surface area contributed by atoms with Gasteiger partial charge in [-0.2, -0.15) is 0 Å². The second-order valence-corrected chi connectivity index (χ2v) is 5.62. The summed E-state index contributed by atoms with van der Waals surface area (Å²) in [5.74, 6) is 0. The number of aromatic nitrogens is 2. The Labute approximate surface area is 125 Å². The standard InChI is InChI=1S/C15H22N4S/c1-4-5-9-18(3)14(15(16)20)13-11(2)17-12-8-6-7-10-19(12)13/h6-8,10,14H,4-5,9H2,1-3H3,(H2,16,20). The van der Waals surface area contributed by atoms with Crippen LogP contribution in [0.2, 0.25) is 0 Å². The van der Waals surface area contributed by atoms with Crippen LogP contribution in [0.25, 0.3) is 5.65 Å². The third-order valence-corrected chi connectivity index (χ3v) is 3.81. The van der Waals surface area contributed by atoms with Crippen molar-refractivity contribution >= 4 is 22.9 Å². The summed E-state index contributed by atoms with van der Waals surface area (Å²) in [6.07, 6.45) is 4.30. The molecule has 0 aliphatic carbocycles. The van der Waals surface area contributed by atoms with E-state index in [0.29, 0.717) is 4.99 Å². The van der Waals surface area contributed by atoms with Crippen LogP contribution in [0.5, 0.6) is 0 Å². The van der Waals surface area contributed by atoms with E-state index in [9.17, 15) is 0 Å². The zero-order valence-electron chi connectivity index (χ0n) is 12.3. The highest BCUT2D eigenvalue weighted by Crippen LogP contribution is 2.25. The number of hydrogen-bond acceptors (Lipinski definition) is 3. The van der Waals surface area contributed by atoms with Gasteiger partial charge in [-0.1, -0.05) is 31.6 Å². The first-order chi connectivity index (χ1) is 9.56. The van der Waals surface area contributed by atoms with Crippen LogP contribution in [-0.2, 0) is 0 Å². The Morgan fingerprint density at radius 2 is 2.25 bits per heavy atom. The van der Waals surface area contributed by atoms with Crippen LogP contribution in [0.3, 0.4) is 0 Å². The lowest BCUT2D eigenvalue weighted by molar-refractivity contribution is 0.291. The Kier molecular flexibility index (Phi) is 4.73. The Hall–Kier alpha value is -1.46. The van der Waals surface area contributed by atoms with Crippen LogP contribution in [0, 0.1) is 6.92 Å². The van der Waals surface area contributed by atoms with E-state index in [1.165, 1.54) is 0 Å². The normalized spacial score (nSPS) is 13.0. The number of unbranched alkanes of at least 4 members (excludes halogenated alkanes) is 1. The minimum Gasteiger partial charge on any atom is -0.392 e. The van der Waals surface area contributed by atoms with E-state index >= 15 is 0 Å². The van der Waals surface area contributed by atoms with Gasteiger partial charge in [-0.05, 0) is 39.1 Å². The van der Waals surface area contributed by atoms with E-state index < -0.39 is 0 Å². The first-order valence-corrected chi connectivity index (χ1v) is 7.40. The van der Waals surface area contributed by atoms with Crippen molar-refractivity contribution < 1.29 is 0 Å². The van der Waals surface area contributed by atoms with E-state index in [1.54, 1.807) is 0 Å². The fraction of sp³-hybridized carbons (Fsp3) is 0.467. The van der Waals surface area contributed by atoms with Crippen molar-refractivity contribution in [3.05, 3.63) is 35.8 Å². The molecule has 2 heterocycles. The predicted molar refractivity (Wildman–Crippen MR) is 87.0 cm³/mol. The average Bonchev–Trinajstić information content (AvgIpc) is 2.73. The van der Waals surface area contributed by atoms with E-state index in [0.717, 1.165) is 36.4 Å². The van der Waals surface area contributed by atoms with Crippen molar-refractivity contribution in [1.29, 1.82) is 0 Å². The van der Waals surface area contributed by atoms with Crippen molar-refractivity contribution in [1.82, 2.24) is 14.3 Å². The molecule has 20 heavy (non-hydrogen) atoms. The fourth-order valence-electron chi connectivity index (χ4n) is 2.56. The van der Waals surface area contributed by atoms with Gasteiger partial charge < -0.3 is 10.1 Å². The van der Waals surface area contributed by atoms with Crippen molar-refractivity contribution in [2.24, 2.45) is 5.73 Å². The zero-order valence-corrected chi connectivity index (χ0v) is 13.2. The lowest BCUT2D eigenvalue weighted by atomic mass is 10.1. The summed E-state index contributed by atoms with van der Waals surface area (Å²) >= 11 is 5.31. The molecule has 0 saturated carbocycles. The molecule has 0 bridgehead atoms. The maximum absolute atomic E-state index is 6.01. The highest BCUT2D eigenvalue weighted by molar-refractivity contribution is 7.80. The van der Waals surface area contributed by atoms with Gasteiger partial charge in [0.15, 0.2) is 0 Å². The van der Waals surface area contributed by atoms with Gasteiger partial charge in [0.25, 0.3) is 0 Å². The van der Waals surface area contributed by atoms with Gasteiger partial charge in [-0.25, -0.2) is 4.98 Å². The summed E-state index contributed by atoms with van der Waals surface area (Å²) in [7, 11) is 2.07. The Morgan fingerprint density at radius 3 is 2.90 bits per heavy atom. The number of aryl methyl sites for hydroxylation is 1. The lowest BCUT2D eigenvalue weighted by Gasteiger charge is -2.27. The Balaban J connectivity index is 2.46. The number of rotatable bonds is 6. The molecule has 0 aliphatic rings. The lowest BCUT2D eigenvalue weighted by Crippen LogP contribution is -2.36. The van der Waals surface area contributed by atoms with Crippen LogP contribution in [-0.4, -0.2) is 32.9 Å². The molecule has 0 radical (unpaired) electrons. The van der Waals surface area contributed by atoms with Crippen molar-refractivity contribution in [3.8, 4) is 0 Å². The Morgan fingerprint density at radius 1 is 1.50 bits per heavy atom. The maximum atomic E-state index is 6.01. The molecule has 2 aromatic rings. The number of nitrogens with two attached hydrogens (primary N) is 1. The van der Waals surface area contributed by atoms with Crippen molar-refractivity contribution in [2.75, 3.05) is 13.6 Å². The third kappa shape index (κ3) is 2.83. The van der Waals surface area contributed by atoms with Gasteiger partial charge >= 0.3 is 0 Å². The molecule has 0 aromatic carbocycles. The second kappa shape index (κ2) is 6.33. The first kappa shape index (κ1) is 14.9. The monoisotopic (exact) mass is 290 g/mol. The second-order valence-electron chi connectivity index (χ2n) is 5.15. The molecule has 0 saturated heterocycles. The minimum absolute atomic E-state index is 0.0750. The highest BCUT2D eigenvalue weighted by atomic mass is 32.1. The van der Waals surface area contributed by atoms with Gasteiger partial charge in [0, 0.05) is 6.20 Å². The smallest absolute Gasteiger partial charge is 0.137 e. The Bertz CT molecular complexity index is 605. The molecule has 0 amide bonds. The summed E-state index contributed by atoms with van der Waals surface area (Å²) in [5.41, 5.74) is 9.00. The van der Waals surface area contributed by atoms with Gasteiger partial charge in [0.2, 0.25) is 0 Å².